The molecule has 81 valence electrons. The molecule has 0 amide bonds. The van der Waals surface area contributed by atoms with Crippen molar-refractivity contribution in [3.63, 3.8) is 0 Å². The molecule has 0 N–H and O–H groups in total. The van der Waals surface area contributed by atoms with Gasteiger partial charge in [-0.15, -0.1) is 11.8 Å². The number of benzene rings is 2. The molecule has 0 aromatic heterocycles. The highest BCUT2D eigenvalue weighted by Gasteiger charge is 2.01. The van der Waals surface area contributed by atoms with Gasteiger partial charge in [0.2, 0.25) is 0 Å². The number of aryl methyl sites for hydroxylation is 1. The van der Waals surface area contributed by atoms with Crippen LogP contribution in [-0.4, -0.2) is 0 Å². The summed E-state index contributed by atoms with van der Waals surface area (Å²) < 4.78 is 0. The molecule has 2 heteroatoms. The summed E-state index contributed by atoms with van der Waals surface area (Å²) in [6.45, 7) is 2.07. The van der Waals surface area contributed by atoms with Gasteiger partial charge in [-0.3, -0.25) is 0 Å². The fourth-order valence-electron chi connectivity index (χ4n) is 1.45. The van der Waals surface area contributed by atoms with Gasteiger partial charge in [-0.25, -0.2) is 0 Å². The Morgan fingerprint density at radius 3 is 2.69 bits per heavy atom. The molecule has 0 aliphatic rings. The molecule has 0 saturated carbocycles. The monoisotopic (exact) mass is 247 g/mol. The van der Waals surface area contributed by atoms with Crippen molar-refractivity contribution in [2.45, 2.75) is 17.6 Å². The van der Waals surface area contributed by atoms with E-state index in [0.717, 1.165) is 10.8 Å². The molecule has 2 aromatic rings. The quantitative estimate of drug-likeness (QED) is 0.706. The molecule has 0 nitrogen and oxygen atoms in total. The summed E-state index contributed by atoms with van der Waals surface area (Å²) in [4.78, 5) is 1.17. The maximum absolute atomic E-state index is 5.89. The van der Waals surface area contributed by atoms with Crippen LogP contribution in [0.2, 0.25) is 5.02 Å². The summed E-state index contributed by atoms with van der Waals surface area (Å²) in [5, 5.41) is 0.751. The lowest BCUT2D eigenvalue weighted by molar-refractivity contribution is 1.28. The summed E-state index contributed by atoms with van der Waals surface area (Å²) in [7, 11) is 0. The van der Waals surface area contributed by atoms with E-state index in [2.05, 4.69) is 37.3 Å². The first-order valence-electron chi connectivity index (χ1n) is 5.10. The maximum Gasteiger partial charge on any atom is 0.0415 e. The first-order chi connectivity index (χ1) is 7.75. The molecule has 2 aromatic carbocycles. The SMILES string of the molecule is Cc1cc(Cl)c[c]c1SCc1ccccc1. The van der Waals surface area contributed by atoms with Crippen LogP contribution in [0, 0.1) is 13.0 Å². The lowest BCUT2D eigenvalue weighted by Gasteiger charge is -2.05. The van der Waals surface area contributed by atoms with Crippen LogP contribution in [0.5, 0.6) is 0 Å². The van der Waals surface area contributed by atoms with Gasteiger partial charge in [0.1, 0.15) is 0 Å². The van der Waals surface area contributed by atoms with Crippen molar-refractivity contribution < 1.29 is 0 Å². The minimum atomic E-state index is 0.751. The van der Waals surface area contributed by atoms with Crippen LogP contribution in [0.25, 0.3) is 0 Å². The van der Waals surface area contributed by atoms with Crippen LogP contribution in [0.4, 0.5) is 0 Å². The average Bonchev–Trinajstić information content (AvgIpc) is 2.29. The van der Waals surface area contributed by atoms with Crippen LogP contribution in [-0.2, 0) is 5.75 Å². The molecular weight excluding hydrogens is 236 g/mol. The number of hydrogen-bond donors (Lipinski definition) is 0. The molecule has 0 heterocycles. The van der Waals surface area contributed by atoms with Gasteiger partial charge in [0.25, 0.3) is 0 Å². The molecule has 0 spiro atoms. The van der Waals surface area contributed by atoms with Crippen LogP contribution < -0.4 is 0 Å². The van der Waals surface area contributed by atoms with E-state index in [-0.39, 0.29) is 0 Å². The lowest BCUT2D eigenvalue weighted by atomic mass is 10.2. The molecule has 0 unspecified atom stereocenters. The van der Waals surface area contributed by atoms with Gasteiger partial charge >= 0.3 is 0 Å². The molecule has 1 radical (unpaired) electrons. The molecule has 0 fully saturated rings. The minimum Gasteiger partial charge on any atom is -0.120 e. The van der Waals surface area contributed by atoms with Crippen LogP contribution >= 0.6 is 23.4 Å². The first-order valence-corrected chi connectivity index (χ1v) is 6.46. The highest BCUT2D eigenvalue weighted by molar-refractivity contribution is 7.98. The Balaban J connectivity index is 2.05. The fourth-order valence-corrected chi connectivity index (χ4v) is 2.60. The van der Waals surface area contributed by atoms with E-state index >= 15 is 0 Å². The highest BCUT2D eigenvalue weighted by atomic mass is 35.5. The van der Waals surface area contributed by atoms with Crippen LogP contribution in [0.15, 0.2) is 47.4 Å². The number of rotatable bonds is 3. The van der Waals surface area contributed by atoms with Gasteiger partial charge in [-0.05, 0) is 36.2 Å². The third-order valence-corrected chi connectivity index (χ3v) is 3.70. The van der Waals surface area contributed by atoms with Crippen LogP contribution in [0.1, 0.15) is 11.1 Å². The predicted octanol–water partition coefficient (Wildman–Crippen LogP) is 4.74. The van der Waals surface area contributed by atoms with E-state index in [1.54, 1.807) is 11.8 Å². The zero-order chi connectivity index (χ0) is 11.4. The van der Waals surface area contributed by atoms with Crippen molar-refractivity contribution in [1.29, 1.82) is 0 Å². The van der Waals surface area contributed by atoms with E-state index in [1.165, 1.54) is 16.0 Å². The van der Waals surface area contributed by atoms with Gasteiger partial charge in [-0.1, -0.05) is 41.9 Å². The summed E-state index contributed by atoms with van der Waals surface area (Å²) in [5.74, 6) is 0.972. The minimum absolute atomic E-state index is 0.751. The molecule has 0 aliphatic carbocycles. The highest BCUT2D eigenvalue weighted by Crippen LogP contribution is 2.27. The Hall–Kier alpha value is -0.920. The van der Waals surface area contributed by atoms with Gasteiger partial charge < -0.3 is 0 Å². The molecular formula is C14H12ClS. The molecule has 0 aliphatic heterocycles. The van der Waals surface area contributed by atoms with Crippen molar-refractivity contribution in [3.05, 3.63) is 64.7 Å². The van der Waals surface area contributed by atoms with E-state index in [0.29, 0.717) is 0 Å². The number of halogens is 1. The molecule has 0 atom stereocenters. The Morgan fingerprint density at radius 1 is 1.25 bits per heavy atom. The van der Waals surface area contributed by atoms with Crippen molar-refractivity contribution >= 4 is 23.4 Å². The third kappa shape index (κ3) is 3.03. The normalized spacial score (nSPS) is 10.4. The number of thioether (sulfide) groups is 1. The Morgan fingerprint density at radius 2 is 2.00 bits per heavy atom. The lowest BCUT2D eigenvalue weighted by Crippen LogP contribution is -1.83. The smallest absolute Gasteiger partial charge is 0.0415 e. The van der Waals surface area contributed by atoms with Crippen molar-refractivity contribution in [2.75, 3.05) is 0 Å². The molecule has 16 heavy (non-hydrogen) atoms. The van der Waals surface area contributed by atoms with E-state index in [9.17, 15) is 0 Å². The van der Waals surface area contributed by atoms with E-state index in [4.69, 9.17) is 11.6 Å². The zero-order valence-electron chi connectivity index (χ0n) is 9.03. The van der Waals surface area contributed by atoms with E-state index < -0.39 is 0 Å². The summed E-state index contributed by atoms with van der Waals surface area (Å²) in [5.41, 5.74) is 2.52. The Bertz CT molecular complexity index is 465. The summed E-state index contributed by atoms with van der Waals surface area (Å²) in [6.07, 6.45) is 0. The average molecular weight is 248 g/mol. The van der Waals surface area contributed by atoms with Crippen molar-refractivity contribution in [3.8, 4) is 0 Å². The van der Waals surface area contributed by atoms with Crippen LogP contribution in [0.3, 0.4) is 0 Å². The standard InChI is InChI=1S/C14H12ClS/c1-11-9-13(15)7-8-14(11)16-10-12-5-3-2-4-6-12/h2-7,9H,10H2,1H3. The van der Waals surface area contributed by atoms with Crippen molar-refractivity contribution in [2.24, 2.45) is 0 Å². The summed E-state index contributed by atoms with van der Waals surface area (Å²) >= 11 is 7.69. The first kappa shape index (κ1) is 11.6. The molecule has 0 bridgehead atoms. The maximum atomic E-state index is 5.89. The second-order valence-corrected chi connectivity index (χ2v) is 5.03. The fraction of sp³-hybridized carbons (Fsp3) is 0.143. The number of hydrogen-bond acceptors (Lipinski definition) is 1. The summed E-state index contributed by atoms with van der Waals surface area (Å²) in [6, 6.07) is 17.4. The molecule has 2 rings (SSSR count). The largest absolute Gasteiger partial charge is 0.120 e. The third-order valence-electron chi connectivity index (χ3n) is 2.28. The van der Waals surface area contributed by atoms with Gasteiger partial charge in [0.05, 0.1) is 0 Å². The second-order valence-electron chi connectivity index (χ2n) is 3.60. The topological polar surface area (TPSA) is 0 Å². The van der Waals surface area contributed by atoms with Gasteiger partial charge in [0.15, 0.2) is 0 Å². The van der Waals surface area contributed by atoms with E-state index in [1.807, 2.05) is 18.2 Å². The van der Waals surface area contributed by atoms with Gasteiger partial charge in [0, 0.05) is 15.7 Å². The molecule has 0 saturated heterocycles. The van der Waals surface area contributed by atoms with Crippen molar-refractivity contribution in [1.82, 2.24) is 0 Å². The second kappa shape index (κ2) is 5.42. The Labute approximate surface area is 106 Å². The Kier molecular flexibility index (Phi) is 3.92. The zero-order valence-corrected chi connectivity index (χ0v) is 10.6. The predicted molar refractivity (Wildman–Crippen MR) is 71.0 cm³/mol. The van der Waals surface area contributed by atoms with Gasteiger partial charge in [-0.2, -0.15) is 0 Å².